The van der Waals surface area contributed by atoms with Crippen LogP contribution in [0.5, 0.6) is 11.5 Å². The van der Waals surface area contributed by atoms with E-state index in [1.807, 2.05) is 55.5 Å². The van der Waals surface area contributed by atoms with Gasteiger partial charge in [-0.15, -0.1) is 6.58 Å². The first kappa shape index (κ1) is 21.2. The van der Waals surface area contributed by atoms with Gasteiger partial charge in [-0.2, -0.15) is 0 Å². The van der Waals surface area contributed by atoms with Crippen molar-refractivity contribution in [2.45, 2.75) is 19.4 Å². The first-order chi connectivity index (χ1) is 14.6. The minimum absolute atomic E-state index is 0.228. The molecule has 2 aromatic rings. The van der Waals surface area contributed by atoms with Gasteiger partial charge in [0.1, 0.15) is 11.5 Å². The van der Waals surface area contributed by atoms with Crippen LogP contribution in [0.3, 0.4) is 0 Å². The number of urea groups is 1. The van der Waals surface area contributed by atoms with Crippen LogP contribution in [0.4, 0.5) is 10.5 Å². The van der Waals surface area contributed by atoms with Gasteiger partial charge < -0.3 is 24.5 Å². The highest BCUT2D eigenvalue weighted by Gasteiger charge is 2.27. The zero-order valence-corrected chi connectivity index (χ0v) is 17.3. The number of methoxy groups -OCH3 is 1. The van der Waals surface area contributed by atoms with Crippen molar-refractivity contribution in [3.8, 4) is 11.5 Å². The summed E-state index contributed by atoms with van der Waals surface area (Å²) in [6.45, 7) is 7.06. The first-order valence-corrected chi connectivity index (χ1v) is 9.90. The van der Waals surface area contributed by atoms with E-state index in [0.29, 0.717) is 31.8 Å². The maximum Gasteiger partial charge on any atom is 0.322 e. The maximum atomic E-state index is 12.8. The van der Waals surface area contributed by atoms with Gasteiger partial charge >= 0.3 is 6.03 Å². The second-order valence-corrected chi connectivity index (χ2v) is 6.75. The Bertz CT molecular complexity index is 896. The van der Waals surface area contributed by atoms with Crippen LogP contribution in [-0.4, -0.2) is 49.6 Å². The lowest BCUT2D eigenvalue weighted by Crippen LogP contribution is -2.40. The molecule has 1 unspecified atom stereocenters. The average molecular weight is 409 g/mol. The van der Waals surface area contributed by atoms with Gasteiger partial charge in [-0.05, 0) is 43.3 Å². The molecule has 1 aliphatic heterocycles. The van der Waals surface area contributed by atoms with Crippen LogP contribution < -0.4 is 14.8 Å². The van der Waals surface area contributed by atoms with Crippen LogP contribution >= 0.6 is 0 Å². The zero-order chi connectivity index (χ0) is 21.3. The Morgan fingerprint density at radius 3 is 2.77 bits per heavy atom. The highest BCUT2D eigenvalue weighted by atomic mass is 16.6. The molecule has 1 aliphatic rings. The van der Waals surface area contributed by atoms with E-state index in [1.165, 1.54) is 0 Å². The summed E-state index contributed by atoms with van der Waals surface area (Å²) < 4.78 is 10.8. The van der Waals surface area contributed by atoms with Crippen molar-refractivity contribution in [2.75, 3.05) is 32.1 Å². The topological polar surface area (TPSA) is 72.4 Å². The van der Waals surface area contributed by atoms with Crippen molar-refractivity contribution in [1.82, 2.24) is 4.90 Å². The van der Waals surface area contributed by atoms with Crippen molar-refractivity contribution in [1.29, 1.82) is 0 Å². The van der Waals surface area contributed by atoms with E-state index in [1.54, 1.807) is 18.1 Å². The number of hydrogen-bond acceptors (Lipinski definition) is 5. The predicted octanol–water partition coefficient (Wildman–Crippen LogP) is 4.31. The molecular formula is C23H27N3O4. The summed E-state index contributed by atoms with van der Waals surface area (Å²) in [5.74, 6) is 1.51. The highest BCUT2D eigenvalue weighted by Crippen LogP contribution is 2.25. The van der Waals surface area contributed by atoms with Gasteiger partial charge in [0.05, 0.1) is 26.0 Å². The van der Waals surface area contributed by atoms with E-state index >= 15 is 0 Å². The number of rotatable bonds is 9. The number of oxime groups is 1. The monoisotopic (exact) mass is 409 g/mol. The molecule has 2 amide bonds. The molecule has 1 heterocycles. The van der Waals surface area contributed by atoms with Gasteiger partial charge in [0.2, 0.25) is 0 Å². The zero-order valence-electron chi connectivity index (χ0n) is 17.3. The van der Waals surface area contributed by atoms with Crippen molar-refractivity contribution in [3.05, 3.63) is 66.7 Å². The number of anilines is 1. The maximum absolute atomic E-state index is 12.8. The van der Waals surface area contributed by atoms with E-state index < -0.39 is 0 Å². The van der Waals surface area contributed by atoms with Gasteiger partial charge in [0, 0.05) is 24.2 Å². The summed E-state index contributed by atoms with van der Waals surface area (Å²) in [5.41, 5.74) is 2.40. The Kier molecular flexibility index (Phi) is 7.32. The number of para-hydroxylation sites is 1. The fraction of sp³-hybridized carbons (Fsp3) is 0.304. The standard InChI is InChI=1S/C23H27N3O4/c1-4-14-26(23(27)24-17-10-12-18(13-11-17)29-5-2)16-19-15-21(25-30-19)20-8-6-7-9-22(20)28-3/h4,6-13,19H,1,5,14-16H2,2-3H3,(H,24,27). The van der Waals surface area contributed by atoms with Gasteiger partial charge in [-0.1, -0.05) is 23.4 Å². The molecule has 1 atom stereocenters. The molecule has 7 nitrogen and oxygen atoms in total. The molecule has 30 heavy (non-hydrogen) atoms. The Labute approximate surface area is 176 Å². The van der Waals surface area contributed by atoms with Gasteiger partial charge in [-0.25, -0.2) is 4.79 Å². The summed E-state index contributed by atoms with van der Waals surface area (Å²) >= 11 is 0. The molecule has 0 aliphatic carbocycles. The summed E-state index contributed by atoms with van der Waals surface area (Å²) in [6.07, 6.45) is 2.04. The Morgan fingerprint density at radius 1 is 1.30 bits per heavy atom. The number of carbonyl (C=O) groups is 1. The molecule has 7 heteroatoms. The second-order valence-electron chi connectivity index (χ2n) is 6.75. The Morgan fingerprint density at radius 2 is 2.07 bits per heavy atom. The Hall–Kier alpha value is -3.48. The largest absolute Gasteiger partial charge is 0.496 e. The fourth-order valence-electron chi connectivity index (χ4n) is 3.21. The number of nitrogens with one attached hydrogen (secondary N) is 1. The molecule has 1 N–H and O–H groups in total. The van der Waals surface area contributed by atoms with Crippen LogP contribution in [-0.2, 0) is 4.84 Å². The minimum atomic E-state index is -0.240. The van der Waals surface area contributed by atoms with Crippen LogP contribution in [0.1, 0.15) is 18.9 Å². The molecule has 0 radical (unpaired) electrons. The quantitative estimate of drug-likeness (QED) is 0.627. The van der Waals surface area contributed by atoms with Gasteiger partial charge in [0.25, 0.3) is 0 Å². The van der Waals surface area contributed by atoms with E-state index in [4.69, 9.17) is 14.3 Å². The first-order valence-electron chi connectivity index (χ1n) is 9.90. The average Bonchev–Trinajstić information content (AvgIpc) is 3.23. The molecule has 0 bridgehead atoms. The number of amides is 2. The summed E-state index contributed by atoms with van der Waals surface area (Å²) in [7, 11) is 1.63. The van der Waals surface area contributed by atoms with Crippen molar-refractivity contribution in [3.63, 3.8) is 0 Å². The van der Waals surface area contributed by atoms with Gasteiger partial charge in [-0.3, -0.25) is 0 Å². The number of ether oxygens (including phenoxy) is 2. The molecule has 0 saturated carbocycles. The number of carbonyl (C=O) groups excluding carboxylic acids is 1. The SMILES string of the molecule is C=CCN(CC1CC(c2ccccc2OC)=NO1)C(=O)Nc1ccc(OCC)cc1. The molecule has 0 spiro atoms. The third-order valence-electron chi connectivity index (χ3n) is 4.63. The smallest absolute Gasteiger partial charge is 0.322 e. The molecule has 2 aromatic carbocycles. The normalized spacial score (nSPS) is 15.0. The Balaban J connectivity index is 1.60. The lowest BCUT2D eigenvalue weighted by molar-refractivity contribution is 0.0645. The third-order valence-corrected chi connectivity index (χ3v) is 4.63. The summed E-state index contributed by atoms with van der Waals surface area (Å²) in [4.78, 5) is 20.0. The number of nitrogens with zero attached hydrogens (tertiary/aromatic N) is 2. The van der Waals surface area contributed by atoms with Crippen LogP contribution in [0.2, 0.25) is 0 Å². The molecule has 158 valence electrons. The lowest BCUT2D eigenvalue weighted by Gasteiger charge is -2.24. The van der Waals surface area contributed by atoms with E-state index in [-0.39, 0.29) is 12.1 Å². The van der Waals surface area contributed by atoms with E-state index in [0.717, 1.165) is 22.8 Å². The summed E-state index contributed by atoms with van der Waals surface area (Å²) in [5, 5.41) is 7.12. The van der Waals surface area contributed by atoms with E-state index in [9.17, 15) is 4.79 Å². The predicted molar refractivity (Wildman–Crippen MR) is 117 cm³/mol. The number of benzene rings is 2. The second kappa shape index (κ2) is 10.3. The molecule has 3 rings (SSSR count). The van der Waals surface area contributed by atoms with Crippen LogP contribution in [0.15, 0.2) is 66.3 Å². The van der Waals surface area contributed by atoms with Crippen LogP contribution in [0, 0.1) is 0 Å². The molecule has 0 saturated heterocycles. The van der Waals surface area contributed by atoms with Crippen molar-refractivity contribution in [2.24, 2.45) is 5.16 Å². The minimum Gasteiger partial charge on any atom is -0.496 e. The lowest BCUT2D eigenvalue weighted by atomic mass is 10.0. The summed E-state index contributed by atoms with van der Waals surface area (Å²) in [6, 6.07) is 14.7. The number of hydrogen-bond donors (Lipinski definition) is 1. The third kappa shape index (κ3) is 5.31. The van der Waals surface area contributed by atoms with Crippen molar-refractivity contribution < 1.29 is 19.1 Å². The molecular weight excluding hydrogens is 382 g/mol. The van der Waals surface area contributed by atoms with E-state index in [2.05, 4.69) is 17.1 Å². The van der Waals surface area contributed by atoms with Crippen molar-refractivity contribution >= 4 is 17.4 Å². The fourth-order valence-corrected chi connectivity index (χ4v) is 3.21. The molecule has 0 aromatic heterocycles. The van der Waals surface area contributed by atoms with Crippen LogP contribution in [0.25, 0.3) is 0 Å². The van der Waals surface area contributed by atoms with Gasteiger partial charge in [0.15, 0.2) is 6.10 Å². The molecule has 0 fully saturated rings. The highest BCUT2D eigenvalue weighted by molar-refractivity contribution is 6.03.